The molecule has 0 radical (unpaired) electrons. The summed E-state index contributed by atoms with van der Waals surface area (Å²) in [6.07, 6.45) is 5.92. The predicted molar refractivity (Wildman–Crippen MR) is 133 cm³/mol. The van der Waals surface area contributed by atoms with Gasteiger partial charge in [-0.2, -0.15) is 0 Å². The Bertz CT molecular complexity index is 847. The van der Waals surface area contributed by atoms with E-state index in [1.165, 1.54) is 37.9 Å². The van der Waals surface area contributed by atoms with Gasteiger partial charge in [0.2, 0.25) is 0 Å². The molecule has 2 fully saturated rings. The van der Waals surface area contributed by atoms with Crippen LogP contribution in [0.4, 0.5) is 0 Å². The fraction of sp³-hybridized carbons (Fsp3) is 0.556. The van der Waals surface area contributed by atoms with Crippen LogP contribution < -0.4 is 9.47 Å². The van der Waals surface area contributed by atoms with Gasteiger partial charge >= 0.3 is 0 Å². The molecule has 6 heteroatoms. The fourth-order valence-corrected chi connectivity index (χ4v) is 4.90. The predicted octanol–water partition coefficient (Wildman–Crippen LogP) is 5.26. The van der Waals surface area contributed by atoms with Crippen LogP contribution in [0.5, 0.6) is 11.5 Å². The maximum atomic E-state index is 6.07. The number of benzene rings is 2. The highest BCUT2D eigenvalue weighted by Gasteiger charge is 2.35. The van der Waals surface area contributed by atoms with Crippen molar-refractivity contribution in [1.29, 1.82) is 0 Å². The zero-order chi connectivity index (χ0) is 22.9. The maximum absolute atomic E-state index is 6.07. The van der Waals surface area contributed by atoms with E-state index in [2.05, 4.69) is 34.1 Å². The molecule has 2 aromatic carbocycles. The quantitative estimate of drug-likeness (QED) is 0.471. The van der Waals surface area contributed by atoms with Gasteiger partial charge in [-0.3, -0.25) is 9.80 Å². The summed E-state index contributed by atoms with van der Waals surface area (Å²) in [6, 6.07) is 16.1. The summed E-state index contributed by atoms with van der Waals surface area (Å²) >= 11 is 6.07. The van der Waals surface area contributed by atoms with Crippen molar-refractivity contribution in [3.63, 3.8) is 0 Å². The molecule has 2 aromatic rings. The molecule has 0 spiro atoms. The van der Waals surface area contributed by atoms with Crippen LogP contribution in [0.3, 0.4) is 0 Å². The van der Waals surface area contributed by atoms with Crippen molar-refractivity contribution in [2.75, 3.05) is 53.0 Å². The summed E-state index contributed by atoms with van der Waals surface area (Å²) < 4.78 is 17.9. The van der Waals surface area contributed by atoms with Crippen LogP contribution in [0, 0.1) is 0 Å². The first-order valence-electron chi connectivity index (χ1n) is 12.2. The number of nitrogens with zero attached hydrogens (tertiary/aromatic N) is 2. The SMILES string of the molecule is COC1(COc2cccc(Cl)c2)CCN(Cc2ccc(OCCN3CCCCC3)cc2)CC1. The van der Waals surface area contributed by atoms with E-state index >= 15 is 0 Å². The van der Waals surface area contributed by atoms with Gasteiger partial charge in [0.1, 0.15) is 30.3 Å². The number of halogens is 1. The second kappa shape index (κ2) is 12.1. The topological polar surface area (TPSA) is 34.2 Å². The lowest BCUT2D eigenvalue weighted by molar-refractivity contribution is -0.0839. The highest BCUT2D eigenvalue weighted by Crippen LogP contribution is 2.29. The molecular weight excluding hydrogens is 436 g/mol. The van der Waals surface area contributed by atoms with Gasteiger partial charge < -0.3 is 14.2 Å². The molecule has 0 N–H and O–H groups in total. The molecule has 2 aliphatic heterocycles. The molecule has 0 amide bonds. The largest absolute Gasteiger partial charge is 0.492 e. The number of hydrogen-bond acceptors (Lipinski definition) is 5. The van der Waals surface area contributed by atoms with Gasteiger partial charge in [0.15, 0.2) is 0 Å². The van der Waals surface area contributed by atoms with Crippen molar-refractivity contribution in [3.8, 4) is 11.5 Å². The molecular formula is C27H37ClN2O3. The summed E-state index contributed by atoms with van der Waals surface area (Å²) in [5.41, 5.74) is 1.07. The van der Waals surface area contributed by atoms with Gasteiger partial charge in [-0.1, -0.05) is 36.2 Å². The molecule has 5 nitrogen and oxygen atoms in total. The second-order valence-corrected chi connectivity index (χ2v) is 9.74. The van der Waals surface area contributed by atoms with E-state index in [1.54, 1.807) is 7.11 Å². The number of likely N-dealkylation sites (tertiary alicyclic amines) is 2. The summed E-state index contributed by atoms with van der Waals surface area (Å²) in [5.74, 6) is 1.76. The normalized spacial score (nSPS) is 19.3. The molecule has 2 saturated heterocycles. The van der Waals surface area contributed by atoms with Crippen LogP contribution in [0.15, 0.2) is 48.5 Å². The van der Waals surface area contributed by atoms with Crippen molar-refractivity contribution < 1.29 is 14.2 Å². The van der Waals surface area contributed by atoms with E-state index in [1.807, 2.05) is 24.3 Å². The lowest BCUT2D eigenvalue weighted by Gasteiger charge is -2.40. The van der Waals surface area contributed by atoms with Crippen LogP contribution in [0.25, 0.3) is 0 Å². The molecule has 0 saturated carbocycles. The van der Waals surface area contributed by atoms with Gasteiger partial charge in [-0.25, -0.2) is 0 Å². The van der Waals surface area contributed by atoms with Gasteiger partial charge in [-0.15, -0.1) is 0 Å². The van der Waals surface area contributed by atoms with E-state index in [9.17, 15) is 0 Å². The van der Waals surface area contributed by atoms with Gasteiger partial charge in [0, 0.05) is 38.3 Å². The van der Waals surface area contributed by atoms with E-state index in [0.29, 0.717) is 11.6 Å². The zero-order valence-corrected chi connectivity index (χ0v) is 20.6. The van der Waals surface area contributed by atoms with Crippen LogP contribution in [-0.2, 0) is 11.3 Å². The van der Waals surface area contributed by atoms with Crippen molar-refractivity contribution in [1.82, 2.24) is 9.80 Å². The maximum Gasteiger partial charge on any atom is 0.120 e. The zero-order valence-electron chi connectivity index (χ0n) is 19.8. The van der Waals surface area contributed by atoms with E-state index in [4.69, 9.17) is 25.8 Å². The van der Waals surface area contributed by atoms with E-state index < -0.39 is 0 Å². The Balaban J connectivity index is 1.19. The van der Waals surface area contributed by atoms with E-state index in [-0.39, 0.29) is 5.60 Å². The second-order valence-electron chi connectivity index (χ2n) is 9.30. The number of ether oxygens (including phenoxy) is 3. The van der Waals surface area contributed by atoms with Gasteiger partial charge in [0.25, 0.3) is 0 Å². The highest BCUT2D eigenvalue weighted by molar-refractivity contribution is 6.30. The first-order chi connectivity index (χ1) is 16.1. The molecule has 33 heavy (non-hydrogen) atoms. The Morgan fingerprint density at radius 2 is 1.61 bits per heavy atom. The van der Waals surface area contributed by atoms with Crippen LogP contribution >= 0.6 is 11.6 Å². The molecule has 0 unspecified atom stereocenters. The molecule has 0 aliphatic carbocycles. The Kier molecular flexibility index (Phi) is 8.90. The first-order valence-corrected chi connectivity index (χ1v) is 12.6. The fourth-order valence-electron chi connectivity index (χ4n) is 4.72. The summed E-state index contributed by atoms with van der Waals surface area (Å²) in [6.45, 7) is 7.69. The molecule has 0 bridgehead atoms. The Morgan fingerprint density at radius 3 is 2.30 bits per heavy atom. The summed E-state index contributed by atoms with van der Waals surface area (Å²) in [5, 5.41) is 0.687. The summed E-state index contributed by atoms with van der Waals surface area (Å²) in [4.78, 5) is 5.00. The molecule has 0 atom stereocenters. The third kappa shape index (κ3) is 7.35. The van der Waals surface area contributed by atoms with Crippen LogP contribution in [-0.4, -0.2) is 68.4 Å². The van der Waals surface area contributed by atoms with Gasteiger partial charge in [-0.05, 0) is 74.7 Å². The lowest BCUT2D eigenvalue weighted by Crippen LogP contribution is -2.48. The Labute approximate surface area is 203 Å². The molecule has 2 aliphatic rings. The monoisotopic (exact) mass is 472 g/mol. The summed E-state index contributed by atoms with van der Waals surface area (Å²) in [7, 11) is 1.79. The molecule has 180 valence electrons. The van der Waals surface area contributed by atoms with Crippen molar-refractivity contribution >= 4 is 11.6 Å². The minimum Gasteiger partial charge on any atom is -0.492 e. The number of piperidine rings is 2. The smallest absolute Gasteiger partial charge is 0.120 e. The lowest BCUT2D eigenvalue weighted by atomic mass is 9.91. The molecule has 2 heterocycles. The van der Waals surface area contributed by atoms with Crippen molar-refractivity contribution in [3.05, 3.63) is 59.1 Å². The van der Waals surface area contributed by atoms with Gasteiger partial charge in [0.05, 0.1) is 0 Å². The highest BCUT2D eigenvalue weighted by atomic mass is 35.5. The molecule has 4 rings (SSSR count). The third-order valence-corrected chi connectivity index (χ3v) is 7.19. The Hall–Kier alpha value is -1.79. The van der Waals surface area contributed by atoms with E-state index in [0.717, 1.165) is 57.1 Å². The van der Waals surface area contributed by atoms with Crippen LogP contribution in [0.1, 0.15) is 37.7 Å². The number of methoxy groups -OCH3 is 1. The van der Waals surface area contributed by atoms with Crippen molar-refractivity contribution in [2.45, 2.75) is 44.2 Å². The van der Waals surface area contributed by atoms with Crippen molar-refractivity contribution in [2.24, 2.45) is 0 Å². The number of hydrogen-bond donors (Lipinski definition) is 0. The average molecular weight is 473 g/mol. The molecule has 0 aromatic heterocycles. The minimum absolute atomic E-state index is 0.245. The van der Waals surface area contributed by atoms with Crippen LogP contribution in [0.2, 0.25) is 5.02 Å². The number of rotatable bonds is 10. The Morgan fingerprint density at radius 1 is 0.848 bits per heavy atom. The third-order valence-electron chi connectivity index (χ3n) is 6.95. The standard InChI is InChI=1S/C27H37ClN2O3/c1-31-27(22-33-26-7-5-6-24(28)20-26)12-16-30(17-13-27)21-23-8-10-25(11-9-23)32-19-18-29-14-3-2-4-15-29/h5-11,20H,2-4,12-19,21-22H2,1H3. The minimum atomic E-state index is -0.245. The first kappa shape index (κ1) is 24.3. The average Bonchev–Trinajstić information content (AvgIpc) is 2.86.